The summed E-state index contributed by atoms with van der Waals surface area (Å²) in [5.41, 5.74) is 1.75. The fourth-order valence-electron chi connectivity index (χ4n) is 3.11. The molecule has 1 N–H and O–H groups in total. The number of amides is 2. The summed E-state index contributed by atoms with van der Waals surface area (Å²) in [4.78, 5) is 25.6. The third kappa shape index (κ3) is 3.40. The van der Waals surface area contributed by atoms with E-state index in [4.69, 9.17) is 4.74 Å². The highest BCUT2D eigenvalue weighted by atomic mass is 16.5. The number of benzene rings is 1. The average Bonchev–Trinajstić information content (AvgIpc) is 2.52. The number of anilines is 1. The molecule has 0 saturated carbocycles. The second-order valence-corrected chi connectivity index (χ2v) is 6.25. The number of rotatable bonds is 3. The summed E-state index contributed by atoms with van der Waals surface area (Å²) < 4.78 is 5.34. The molecule has 1 atom stereocenters. The average molecular weight is 302 g/mol. The van der Waals surface area contributed by atoms with Gasteiger partial charge in [-0.1, -0.05) is 13.0 Å². The fraction of sp³-hybridized carbons (Fsp3) is 0.529. The number of aryl methyl sites for hydroxylation is 1. The Morgan fingerprint density at radius 3 is 3.14 bits per heavy atom. The zero-order valence-corrected chi connectivity index (χ0v) is 12.9. The molecule has 3 rings (SSSR count). The lowest BCUT2D eigenvalue weighted by molar-refractivity contribution is -0.132. The number of piperidine rings is 1. The number of carbonyl (C=O) groups is 2. The molecule has 2 aliphatic rings. The smallest absolute Gasteiger partial charge is 0.262 e. The quantitative estimate of drug-likeness (QED) is 0.931. The van der Waals surface area contributed by atoms with E-state index in [0.29, 0.717) is 30.2 Å². The van der Waals surface area contributed by atoms with Gasteiger partial charge in [0.25, 0.3) is 5.91 Å². The molecule has 1 fully saturated rings. The Bertz CT molecular complexity index is 585. The van der Waals surface area contributed by atoms with E-state index < -0.39 is 0 Å². The predicted octanol–water partition coefficient (Wildman–Crippen LogP) is 2.21. The lowest BCUT2D eigenvalue weighted by atomic mass is 9.99. The highest BCUT2D eigenvalue weighted by molar-refractivity contribution is 5.95. The lowest BCUT2D eigenvalue weighted by Crippen LogP contribution is -2.39. The first-order chi connectivity index (χ1) is 10.6. The summed E-state index contributed by atoms with van der Waals surface area (Å²) in [6.45, 7) is 4.04. The van der Waals surface area contributed by atoms with Gasteiger partial charge in [-0.2, -0.15) is 0 Å². The van der Waals surface area contributed by atoms with Crippen LogP contribution in [0, 0.1) is 5.92 Å². The molecule has 22 heavy (non-hydrogen) atoms. The molecule has 2 amide bonds. The Kier molecular flexibility index (Phi) is 4.32. The molecule has 0 spiro atoms. The van der Waals surface area contributed by atoms with Gasteiger partial charge in [0.1, 0.15) is 5.75 Å². The van der Waals surface area contributed by atoms with Crippen molar-refractivity contribution in [3.8, 4) is 5.75 Å². The monoisotopic (exact) mass is 302 g/mol. The Morgan fingerprint density at radius 2 is 2.32 bits per heavy atom. The number of likely N-dealkylation sites (tertiary alicyclic amines) is 1. The van der Waals surface area contributed by atoms with Crippen molar-refractivity contribution < 1.29 is 14.3 Å². The maximum atomic E-state index is 12.3. The SMILES string of the molecule is CC1CCCN(C(=O)CCc2ccc3c(c2)NC(=O)CO3)C1. The molecule has 118 valence electrons. The molecule has 2 aliphatic heterocycles. The van der Waals surface area contributed by atoms with Gasteiger partial charge in [-0.05, 0) is 42.9 Å². The summed E-state index contributed by atoms with van der Waals surface area (Å²) in [6.07, 6.45) is 3.52. The number of nitrogens with one attached hydrogen (secondary N) is 1. The molecule has 2 heterocycles. The maximum Gasteiger partial charge on any atom is 0.262 e. The lowest BCUT2D eigenvalue weighted by Gasteiger charge is -2.31. The first-order valence-corrected chi connectivity index (χ1v) is 7.95. The summed E-state index contributed by atoms with van der Waals surface area (Å²) >= 11 is 0. The molecule has 1 saturated heterocycles. The van der Waals surface area contributed by atoms with E-state index in [2.05, 4.69) is 12.2 Å². The molecule has 1 aromatic rings. The van der Waals surface area contributed by atoms with Crippen molar-refractivity contribution in [3.05, 3.63) is 23.8 Å². The molecule has 0 bridgehead atoms. The highest BCUT2D eigenvalue weighted by Gasteiger charge is 2.21. The number of hydrogen-bond donors (Lipinski definition) is 1. The Hall–Kier alpha value is -2.04. The van der Waals surface area contributed by atoms with Crippen molar-refractivity contribution in [1.29, 1.82) is 0 Å². The minimum absolute atomic E-state index is 0.0674. The highest BCUT2D eigenvalue weighted by Crippen LogP contribution is 2.29. The van der Waals surface area contributed by atoms with Crippen LogP contribution in [-0.4, -0.2) is 36.4 Å². The van der Waals surface area contributed by atoms with Gasteiger partial charge in [0.15, 0.2) is 6.61 Å². The van der Waals surface area contributed by atoms with Crippen molar-refractivity contribution in [1.82, 2.24) is 4.90 Å². The van der Waals surface area contributed by atoms with Crippen LogP contribution in [0.15, 0.2) is 18.2 Å². The van der Waals surface area contributed by atoms with E-state index in [9.17, 15) is 9.59 Å². The molecule has 5 nitrogen and oxygen atoms in total. The number of fused-ring (bicyclic) bond motifs is 1. The normalized spacial score (nSPS) is 20.9. The Labute approximate surface area is 130 Å². The van der Waals surface area contributed by atoms with Gasteiger partial charge < -0.3 is 15.0 Å². The number of ether oxygens (including phenoxy) is 1. The van der Waals surface area contributed by atoms with Crippen LogP contribution in [0.3, 0.4) is 0 Å². The first-order valence-electron chi connectivity index (χ1n) is 7.95. The maximum absolute atomic E-state index is 12.3. The topological polar surface area (TPSA) is 58.6 Å². The van der Waals surface area contributed by atoms with Crippen LogP contribution >= 0.6 is 0 Å². The number of carbonyl (C=O) groups excluding carboxylic acids is 2. The van der Waals surface area contributed by atoms with Gasteiger partial charge in [0, 0.05) is 19.5 Å². The molecule has 0 aliphatic carbocycles. The largest absolute Gasteiger partial charge is 0.482 e. The van der Waals surface area contributed by atoms with Gasteiger partial charge >= 0.3 is 0 Å². The molecule has 0 aromatic heterocycles. The molecule has 1 aromatic carbocycles. The predicted molar refractivity (Wildman–Crippen MR) is 83.9 cm³/mol. The van der Waals surface area contributed by atoms with Crippen LogP contribution in [0.5, 0.6) is 5.75 Å². The minimum atomic E-state index is -0.136. The molecule has 1 unspecified atom stereocenters. The summed E-state index contributed by atoms with van der Waals surface area (Å²) in [6, 6.07) is 5.72. The number of nitrogens with zero attached hydrogens (tertiary/aromatic N) is 1. The fourth-order valence-corrected chi connectivity index (χ4v) is 3.11. The van der Waals surface area contributed by atoms with E-state index in [-0.39, 0.29) is 18.4 Å². The van der Waals surface area contributed by atoms with E-state index in [1.165, 1.54) is 6.42 Å². The molecule has 0 radical (unpaired) electrons. The van der Waals surface area contributed by atoms with Crippen molar-refractivity contribution in [3.63, 3.8) is 0 Å². The zero-order chi connectivity index (χ0) is 15.5. The van der Waals surface area contributed by atoms with Crippen molar-refractivity contribution in [2.24, 2.45) is 5.92 Å². The van der Waals surface area contributed by atoms with Crippen molar-refractivity contribution in [2.75, 3.05) is 25.0 Å². The second-order valence-electron chi connectivity index (χ2n) is 6.25. The second kappa shape index (κ2) is 6.38. The third-order valence-electron chi connectivity index (χ3n) is 4.31. The van der Waals surface area contributed by atoms with Crippen LogP contribution in [0.2, 0.25) is 0 Å². The van der Waals surface area contributed by atoms with Crippen molar-refractivity contribution >= 4 is 17.5 Å². The molecule has 5 heteroatoms. The van der Waals surface area contributed by atoms with Crippen LogP contribution in [-0.2, 0) is 16.0 Å². The molecular weight excluding hydrogens is 280 g/mol. The van der Waals surface area contributed by atoms with Crippen LogP contribution in [0.25, 0.3) is 0 Å². The van der Waals surface area contributed by atoms with Gasteiger partial charge in [-0.3, -0.25) is 9.59 Å². The summed E-state index contributed by atoms with van der Waals surface area (Å²) in [5.74, 6) is 1.39. The van der Waals surface area contributed by atoms with E-state index in [1.54, 1.807) is 0 Å². The Morgan fingerprint density at radius 1 is 1.45 bits per heavy atom. The van der Waals surface area contributed by atoms with Gasteiger partial charge in [-0.15, -0.1) is 0 Å². The minimum Gasteiger partial charge on any atom is -0.482 e. The standard InChI is InChI=1S/C17H22N2O3/c1-12-3-2-8-19(10-12)17(21)7-5-13-4-6-15-14(9-13)18-16(20)11-22-15/h4,6,9,12H,2-3,5,7-8,10-11H2,1H3,(H,18,20). The van der Waals surface area contributed by atoms with E-state index >= 15 is 0 Å². The first kappa shape index (κ1) is 14.9. The van der Waals surface area contributed by atoms with Crippen LogP contribution in [0.4, 0.5) is 5.69 Å². The molecular formula is C17H22N2O3. The van der Waals surface area contributed by atoms with Crippen molar-refractivity contribution in [2.45, 2.75) is 32.6 Å². The zero-order valence-electron chi connectivity index (χ0n) is 12.9. The van der Waals surface area contributed by atoms with Gasteiger partial charge in [0.2, 0.25) is 5.91 Å². The number of hydrogen-bond acceptors (Lipinski definition) is 3. The van der Waals surface area contributed by atoms with E-state index in [1.807, 2.05) is 23.1 Å². The van der Waals surface area contributed by atoms with Gasteiger partial charge in [0.05, 0.1) is 5.69 Å². The van der Waals surface area contributed by atoms with E-state index in [0.717, 1.165) is 25.1 Å². The Balaban J connectivity index is 1.58. The third-order valence-corrected chi connectivity index (χ3v) is 4.31. The van der Waals surface area contributed by atoms with Gasteiger partial charge in [-0.25, -0.2) is 0 Å². The van der Waals surface area contributed by atoms with Crippen LogP contribution in [0.1, 0.15) is 31.7 Å². The summed E-state index contributed by atoms with van der Waals surface area (Å²) in [7, 11) is 0. The summed E-state index contributed by atoms with van der Waals surface area (Å²) in [5, 5.41) is 2.80. The van der Waals surface area contributed by atoms with Crippen LogP contribution < -0.4 is 10.1 Å².